The van der Waals surface area contributed by atoms with Crippen LogP contribution in [0.3, 0.4) is 0 Å². The molecule has 0 radical (unpaired) electrons. The van der Waals surface area contributed by atoms with Gasteiger partial charge in [0.2, 0.25) is 0 Å². The molecule has 1 aliphatic carbocycles. The lowest BCUT2D eigenvalue weighted by molar-refractivity contribution is -0.115. The van der Waals surface area contributed by atoms with Crippen LogP contribution < -0.4 is 4.74 Å². The molecule has 176 valence electrons. The number of aromatic nitrogens is 1. The third kappa shape index (κ3) is 5.37. The molecule has 0 fully saturated rings. The molecule has 0 saturated carbocycles. The molecule has 0 aliphatic heterocycles. The number of carbonyl (C=O) groups is 2. The summed E-state index contributed by atoms with van der Waals surface area (Å²) in [6, 6.07) is 13.5. The maximum atomic E-state index is 12.7. The van der Waals surface area contributed by atoms with Crippen molar-refractivity contribution in [1.29, 1.82) is 0 Å². The van der Waals surface area contributed by atoms with E-state index < -0.39 is 15.8 Å². The fourth-order valence-electron chi connectivity index (χ4n) is 3.41. The molecule has 8 nitrogen and oxygen atoms in total. The van der Waals surface area contributed by atoms with Gasteiger partial charge in [-0.1, -0.05) is 47.1 Å². The first kappa shape index (κ1) is 23.7. The van der Waals surface area contributed by atoms with Crippen LogP contribution in [-0.2, 0) is 26.0 Å². The van der Waals surface area contributed by atoms with Crippen LogP contribution in [0.15, 0.2) is 69.8 Å². The number of sulfone groups is 1. The van der Waals surface area contributed by atoms with E-state index in [2.05, 4.69) is 5.16 Å². The Labute approximate surface area is 201 Å². The maximum absolute atomic E-state index is 12.7. The highest BCUT2D eigenvalue weighted by molar-refractivity contribution is 7.90. The van der Waals surface area contributed by atoms with Crippen LogP contribution in [0.25, 0.3) is 11.3 Å². The normalized spacial score (nSPS) is 13.9. The van der Waals surface area contributed by atoms with Gasteiger partial charge in [0.05, 0.1) is 10.6 Å². The van der Waals surface area contributed by atoms with Crippen LogP contribution >= 0.6 is 11.6 Å². The first-order valence-electron chi connectivity index (χ1n) is 10.3. The van der Waals surface area contributed by atoms with Gasteiger partial charge in [0.15, 0.2) is 27.1 Å². The molecule has 0 bridgehead atoms. The molecule has 1 aromatic heterocycles. The van der Waals surface area contributed by atoms with Crippen molar-refractivity contribution in [3.63, 3.8) is 0 Å². The molecule has 0 atom stereocenters. The molecular formula is C24H20ClNO7S. The Kier molecular flexibility index (Phi) is 6.85. The first-order chi connectivity index (χ1) is 16.2. The summed E-state index contributed by atoms with van der Waals surface area (Å²) in [5.74, 6) is -0.583. The average Bonchev–Trinajstić information content (AvgIpc) is 3.27. The summed E-state index contributed by atoms with van der Waals surface area (Å²) in [7, 11) is -3.74. The number of rotatable bonds is 7. The molecule has 3 aromatic rings. The number of benzene rings is 2. The molecule has 1 heterocycles. The minimum absolute atomic E-state index is 0.0921. The molecule has 0 amide bonds. The lowest BCUT2D eigenvalue weighted by Crippen LogP contribution is -2.12. The number of halogens is 1. The zero-order chi connectivity index (χ0) is 24.3. The molecular weight excluding hydrogens is 482 g/mol. The van der Waals surface area contributed by atoms with E-state index in [4.69, 9.17) is 25.6 Å². The predicted octanol–water partition coefficient (Wildman–Crippen LogP) is 4.77. The Morgan fingerprint density at radius 2 is 1.91 bits per heavy atom. The van der Waals surface area contributed by atoms with E-state index in [9.17, 15) is 18.0 Å². The molecule has 0 saturated heterocycles. The maximum Gasteiger partial charge on any atom is 0.344 e. The van der Waals surface area contributed by atoms with Crippen LogP contribution in [0.2, 0.25) is 5.02 Å². The van der Waals surface area contributed by atoms with Crippen LogP contribution in [0.1, 0.15) is 35.4 Å². The Balaban J connectivity index is 1.60. The SMILES string of the molecule is CS(=O)(=O)c1ccc(C(=O)OC2=CC(=O)CCC2)c(Cl)c1OCc1cc(-c2ccccc2)no1. The molecule has 1 aliphatic rings. The van der Waals surface area contributed by atoms with Gasteiger partial charge in [0.1, 0.15) is 23.0 Å². The molecule has 34 heavy (non-hydrogen) atoms. The van der Waals surface area contributed by atoms with Crippen LogP contribution in [0, 0.1) is 0 Å². The lowest BCUT2D eigenvalue weighted by atomic mass is 10.1. The van der Waals surface area contributed by atoms with Crippen LogP contribution in [-0.4, -0.2) is 31.6 Å². The van der Waals surface area contributed by atoms with E-state index in [0.717, 1.165) is 11.8 Å². The average molecular weight is 502 g/mol. The summed E-state index contributed by atoms with van der Waals surface area (Å²) in [6.07, 6.45) is 3.70. The Hall–Kier alpha value is -3.43. The van der Waals surface area contributed by atoms with E-state index in [-0.39, 0.29) is 39.4 Å². The van der Waals surface area contributed by atoms with Gasteiger partial charge in [0, 0.05) is 36.8 Å². The second-order valence-electron chi connectivity index (χ2n) is 7.68. The van der Waals surface area contributed by atoms with Crippen LogP contribution in [0.5, 0.6) is 5.75 Å². The van der Waals surface area contributed by atoms with Crippen molar-refractivity contribution in [2.45, 2.75) is 30.8 Å². The smallest absolute Gasteiger partial charge is 0.344 e. The number of allylic oxidation sites excluding steroid dienone is 2. The molecule has 0 spiro atoms. The quantitative estimate of drug-likeness (QED) is 0.425. The van der Waals surface area contributed by atoms with Crippen molar-refractivity contribution in [1.82, 2.24) is 5.16 Å². The highest BCUT2D eigenvalue weighted by Crippen LogP contribution is 2.37. The molecule has 10 heteroatoms. The summed E-state index contributed by atoms with van der Waals surface area (Å²) >= 11 is 6.41. The van der Waals surface area contributed by atoms with Gasteiger partial charge >= 0.3 is 5.97 Å². The number of ketones is 1. The lowest BCUT2D eigenvalue weighted by Gasteiger charge is -2.16. The Morgan fingerprint density at radius 1 is 1.15 bits per heavy atom. The van der Waals surface area contributed by atoms with Gasteiger partial charge in [-0.15, -0.1) is 0 Å². The second kappa shape index (κ2) is 9.82. The molecule has 0 N–H and O–H groups in total. The predicted molar refractivity (Wildman–Crippen MR) is 123 cm³/mol. The van der Waals surface area contributed by atoms with E-state index in [1.54, 1.807) is 6.07 Å². The number of hydrogen-bond donors (Lipinski definition) is 0. The Bertz CT molecular complexity index is 1380. The fourth-order valence-corrected chi connectivity index (χ4v) is 4.57. The second-order valence-corrected chi connectivity index (χ2v) is 10.0. The monoisotopic (exact) mass is 501 g/mol. The zero-order valence-electron chi connectivity index (χ0n) is 18.1. The van der Waals surface area contributed by atoms with Gasteiger partial charge in [0.25, 0.3) is 0 Å². The minimum Gasteiger partial charge on any atom is -0.483 e. The molecule has 2 aromatic carbocycles. The van der Waals surface area contributed by atoms with Crippen LogP contribution in [0.4, 0.5) is 0 Å². The van der Waals surface area contributed by atoms with Gasteiger partial charge in [-0.05, 0) is 18.6 Å². The van der Waals surface area contributed by atoms with Gasteiger partial charge < -0.3 is 14.0 Å². The molecule has 0 unspecified atom stereocenters. The third-order valence-corrected chi connectivity index (χ3v) is 6.56. The van der Waals surface area contributed by atoms with E-state index >= 15 is 0 Å². The standard InChI is InChI=1S/C24H20ClNO7S/c1-34(29,30)21-11-10-19(24(28)32-17-9-5-8-16(27)12-17)22(25)23(21)31-14-18-13-20(26-33-18)15-6-3-2-4-7-15/h2-4,6-7,10-13H,5,8-9,14H2,1H3. The van der Waals surface area contributed by atoms with Gasteiger partial charge in [-0.25, -0.2) is 13.2 Å². The first-order valence-corrected chi connectivity index (χ1v) is 12.6. The summed E-state index contributed by atoms with van der Waals surface area (Å²) < 4.78 is 40.9. The summed E-state index contributed by atoms with van der Waals surface area (Å²) in [6.45, 7) is -0.180. The summed E-state index contributed by atoms with van der Waals surface area (Å²) in [4.78, 5) is 24.1. The fraction of sp³-hybridized carbons (Fsp3) is 0.208. The van der Waals surface area contributed by atoms with Crippen molar-refractivity contribution in [3.05, 3.63) is 76.7 Å². The largest absolute Gasteiger partial charge is 0.483 e. The topological polar surface area (TPSA) is 113 Å². The van der Waals surface area contributed by atoms with E-state index in [1.807, 2.05) is 30.3 Å². The molecule has 4 rings (SSSR count). The van der Waals surface area contributed by atoms with Crippen molar-refractivity contribution >= 4 is 33.2 Å². The number of ether oxygens (including phenoxy) is 2. The van der Waals surface area contributed by atoms with E-state index in [0.29, 0.717) is 30.7 Å². The van der Waals surface area contributed by atoms with E-state index in [1.165, 1.54) is 18.2 Å². The van der Waals surface area contributed by atoms with Crippen molar-refractivity contribution in [2.24, 2.45) is 0 Å². The van der Waals surface area contributed by atoms with Crippen molar-refractivity contribution in [2.75, 3.05) is 6.26 Å². The number of hydrogen-bond acceptors (Lipinski definition) is 8. The highest BCUT2D eigenvalue weighted by Gasteiger charge is 2.25. The summed E-state index contributed by atoms with van der Waals surface area (Å²) in [5, 5.41) is 3.77. The number of carbonyl (C=O) groups excluding carboxylic acids is 2. The summed E-state index contributed by atoms with van der Waals surface area (Å²) in [5.41, 5.74) is 1.33. The number of nitrogens with zero attached hydrogens (tertiary/aromatic N) is 1. The third-order valence-electron chi connectivity index (χ3n) is 5.06. The zero-order valence-corrected chi connectivity index (χ0v) is 19.7. The Morgan fingerprint density at radius 3 is 2.62 bits per heavy atom. The van der Waals surface area contributed by atoms with Gasteiger partial charge in [-0.2, -0.15) is 0 Å². The number of esters is 1. The highest BCUT2D eigenvalue weighted by atomic mass is 35.5. The minimum atomic E-state index is -3.74. The van der Waals surface area contributed by atoms with Crippen molar-refractivity contribution in [3.8, 4) is 17.0 Å². The van der Waals surface area contributed by atoms with Gasteiger partial charge in [-0.3, -0.25) is 4.79 Å². The van der Waals surface area contributed by atoms with Crippen molar-refractivity contribution < 1.29 is 32.0 Å².